The lowest BCUT2D eigenvalue weighted by atomic mass is 9.87. The second-order valence-electron chi connectivity index (χ2n) is 8.10. The summed E-state index contributed by atoms with van der Waals surface area (Å²) >= 11 is 0. The second kappa shape index (κ2) is 9.04. The van der Waals surface area contributed by atoms with Gasteiger partial charge in [0.1, 0.15) is 11.6 Å². The molecule has 0 aliphatic carbocycles. The smallest absolute Gasteiger partial charge is 0.123 e. The minimum Gasteiger partial charge on any atom is -0.207 e. The predicted octanol–water partition coefficient (Wildman–Crippen LogP) is 8.08. The number of benzene rings is 3. The molecule has 1 aliphatic rings. The Kier molecular flexibility index (Phi) is 6.24. The molecule has 0 aromatic heterocycles. The molecule has 3 heteroatoms. The van der Waals surface area contributed by atoms with Gasteiger partial charge < -0.3 is 0 Å². The summed E-state index contributed by atoms with van der Waals surface area (Å²) in [6.45, 7) is 2.30. The normalized spacial score (nSPS) is 15.6. The second-order valence-corrected chi connectivity index (χ2v) is 11.1. The minimum atomic E-state index is -0.241. The summed E-state index contributed by atoms with van der Waals surface area (Å²) in [5, 5.41) is 0. The number of hydrogen-bond donors (Lipinski definition) is 0. The van der Waals surface area contributed by atoms with Crippen LogP contribution in [0.25, 0.3) is 22.3 Å². The molecule has 1 radical (unpaired) electrons. The molecule has 0 N–H and O–H groups in total. The maximum atomic E-state index is 13.9. The average molecular weight is 406 g/mol. The van der Waals surface area contributed by atoms with E-state index in [0.29, 0.717) is 5.92 Å². The van der Waals surface area contributed by atoms with E-state index in [4.69, 9.17) is 0 Å². The van der Waals surface area contributed by atoms with Crippen LogP contribution in [0.1, 0.15) is 37.7 Å². The highest BCUT2D eigenvalue weighted by Gasteiger charge is 2.23. The third-order valence-corrected chi connectivity index (χ3v) is 9.30. The van der Waals surface area contributed by atoms with Gasteiger partial charge >= 0.3 is 0 Å². The average Bonchev–Trinajstić information content (AvgIpc) is 2.75. The van der Waals surface area contributed by atoms with Crippen LogP contribution in [0.5, 0.6) is 0 Å². The van der Waals surface area contributed by atoms with Crippen LogP contribution in [-0.4, -0.2) is 8.80 Å². The molecule has 0 bridgehead atoms. The molecule has 0 unspecified atom stereocenters. The fourth-order valence-electron chi connectivity index (χ4n) is 4.55. The monoisotopic (exact) mass is 405 g/mol. The van der Waals surface area contributed by atoms with Gasteiger partial charge in [0, 0.05) is 8.80 Å². The standard InChI is InChI=1S/C26H27F2Si/c1-2-14-29-15-12-19(13-16-29)21-8-11-25(22-4-3-5-24(28)17-22)26(18-21)20-6-9-23(27)10-7-20/h3-11,17-19H,2,12-16H2,1H3. The zero-order valence-electron chi connectivity index (χ0n) is 16.9. The Labute approximate surface area is 174 Å². The van der Waals surface area contributed by atoms with Gasteiger partial charge in [-0.1, -0.05) is 73.9 Å². The SMILES string of the molecule is CCC[Si]1CCC(c2ccc(-c3cccc(F)c3)c(-c3ccc(F)cc3)c2)CC1. The van der Waals surface area contributed by atoms with Crippen LogP contribution < -0.4 is 0 Å². The molecular formula is C26H27F2Si. The maximum Gasteiger partial charge on any atom is 0.123 e. The van der Waals surface area contributed by atoms with Gasteiger partial charge in [0.05, 0.1) is 0 Å². The summed E-state index contributed by atoms with van der Waals surface area (Å²) in [5.41, 5.74) is 5.23. The van der Waals surface area contributed by atoms with Gasteiger partial charge in [0.15, 0.2) is 0 Å². The summed E-state index contributed by atoms with van der Waals surface area (Å²) < 4.78 is 27.4. The summed E-state index contributed by atoms with van der Waals surface area (Å²) in [7, 11) is -0.144. The van der Waals surface area contributed by atoms with Gasteiger partial charge in [-0.05, 0) is 70.8 Å². The minimum absolute atomic E-state index is 0.144. The van der Waals surface area contributed by atoms with E-state index in [9.17, 15) is 8.78 Å². The number of halogens is 2. The summed E-state index contributed by atoms with van der Waals surface area (Å²) in [6, 6.07) is 24.2. The van der Waals surface area contributed by atoms with E-state index in [1.807, 2.05) is 18.2 Å². The van der Waals surface area contributed by atoms with Crippen molar-refractivity contribution in [2.75, 3.05) is 0 Å². The third-order valence-electron chi connectivity index (χ3n) is 6.10. The molecule has 149 valence electrons. The maximum absolute atomic E-state index is 13.9. The fourth-order valence-corrected chi connectivity index (χ4v) is 7.53. The van der Waals surface area contributed by atoms with E-state index in [1.165, 1.54) is 61.2 Å². The predicted molar refractivity (Wildman–Crippen MR) is 120 cm³/mol. The van der Waals surface area contributed by atoms with Crippen LogP contribution in [0.15, 0.2) is 66.7 Å². The van der Waals surface area contributed by atoms with Crippen LogP contribution in [0.2, 0.25) is 18.1 Å². The molecule has 0 atom stereocenters. The molecule has 0 nitrogen and oxygen atoms in total. The van der Waals surface area contributed by atoms with Crippen LogP contribution in [0, 0.1) is 11.6 Å². The first-order valence-electron chi connectivity index (χ1n) is 10.6. The molecule has 1 aliphatic heterocycles. The van der Waals surface area contributed by atoms with E-state index < -0.39 is 0 Å². The van der Waals surface area contributed by atoms with Gasteiger partial charge in [-0.25, -0.2) is 8.78 Å². The molecule has 1 saturated heterocycles. The van der Waals surface area contributed by atoms with E-state index in [-0.39, 0.29) is 20.4 Å². The number of rotatable bonds is 5. The molecule has 1 heterocycles. The largest absolute Gasteiger partial charge is 0.207 e. The highest BCUT2D eigenvalue weighted by molar-refractivity contribution is 6.59. The highest BCUT2D eigenvalue weighted by Crippen LogP contribution is 2.39. The van der Waals surface area contributed by atoms with Crippen molar-refractivity contribution in [3.63, 3.8) is 0 Å². The van der Waals surface area contributed by atoms with Gasteiger partial charge in [-0.3, -0.25) is 0 Å². The van der Waals surface area contributed by atoms with Crippen LogP contribution >= 0.6 is 0 Å². The van der Waals surface area contributed by atoms with Crippen molar-refractivity contribution < 1.29 is 8.78 Å². The first-order valence-corrected chi connectivity index (χ1v) is 12.8. The van der Waals surface area contributed by atoms with Gasteiger partial charge in [0.2, 0.25) is 0 Å². The van der Waals surface area contributed by atoms with Crippen molar-refractivity contribution in [3.8, 4) is 22.3 Å². The zero-order chi connectivity index (χ0) is 20.2. The van der Waals surface area contributed by atoms with Crippen LogP contribution in [-0.2, 0) is 0 Å². The topological polar surface area (TPSA) is 0 Å². The van der Waals surface area contributed by atoms with E-state index in [1.54, 1.807) is 12.1 Å². The Morgan fingerprint density at radius 2 is 1.55 bits per heavy atom. The zero-order valence-corrected chi connectivity index (χ0v) is 17.9. The summed E-state index contributed by atoms with van der Waals surface area (Å²) in [6.07, 6.45) is 3.86. The van der Waals surface area contributed by atoms with Gasteiger partial charge in [-0.15, -0.1) is 0 Å². The molecule has 3 aromatic rings. The van der Waals surface area contributed by atoms with Crippen LogP contribution in [0.4, 0.5) is 8.78 Å². The molecule has 0 saturated carbocycles. The Hall–Kier alpha value is -2.26. The first kappa shape index (κ1) is 20.0. The third kappa shape index (κ3) is 4.67. The van der Waals surface area contributed by atoms with Crippen molar-refractivity contribution >= 4 is 8.80 Å². The van der Waals surface area contributed by atoms with E-state index >= 15 is 0 Å². The highest BCUT2D eigenvalue weighted by atomic mass is 28.3. The summed E-state index contributed by atoms with van der Waals surface area (Å²) in [5.74, 6) is 0.117. The molecule has 3 aromatic carbocycles. The molecule has 0 amide bonds. The van der Waals surface area contributed by atoms with Crippen LogP contribution in [0.3, 0.4) is 0 Å². The van der Waals surface area contributed by atoms with Gasteiger partial charge in [-0.2, -0.15) is 0 Å². The Morgan fingerprint density at radius 1 is 0.793 bits per heavy atom. The lowest BCUT2D eigenvalue weighted by Gasteiger charge is -2.28. The van der Waals surface area contributed by atoms with Crippen molar-refractivity contribution in [2.24, 2.45) is 0 Å². The van der Waals surface area contributed by atoms with E-state index in [2.05, 4.69) is 25.1 Å². The molecular weight excluding hydrogens is 378 g/mol. The Morgan fingerprint density at radius 3 is 2.24 bits per heavy atom. The summed E-state index contributed by atoms with van der Waals surface area (Å²) in [4.78, 5) is 0. The Balaban J connectivity index is 1.71. The Bertz CT molecular complexity index is 957. The number of hydrogen-bond acceptors (Lipinski definition) is 0. The first-order chi connectivity index (χ1) is 14.1. The molecule has 4 rings (SSSR count). The fraction of sp³-hybridized carbons (Fsp3) is 0.308. The quantitative estimate of drug-likeness (QED) is 0.376. The molecule has 0 spiro atoms. The van der Waals surface area contributed by atoms with Gasteiger partial charge in [0.25, 0.3) is 0 Å². The molecule has 1 fully saturated rings. The molecule has 29 heavy (non-hydrogen) atoms. The lowest BCUT2D eigenvalue weighted by molar-refractivity contribution is 0.606. The van der Waals surface area contributed by atoms with Crippen molar-refractivity contribution in [2.45, 2.75) is 50.2 Å². The van der Waals surface area contributed by atoms with Crippen molar-refractivity contribution in [1.82, 2.24) is 0 Å². The van der Waals surface area contributed by atoms with Crippen molar-refractivity contribution in [3.05, 3.63) is 83.9 Å². The van der Waals surface area contributed by atoms with E-state index in [0.717, 1.165) is 22.3 Å². The van der Waals surface area contributed by atoms with Crippen molar-refractivity contribution in [1.29, 1.82) is 0 Å². The lowest BCUT2D eigenvalue weighted by Crippen LogP contribution is -2.20.